The minimum atomic E-state index is 0.860. The summed E-state index contributed by atoms with van der Waals surface area (Å²) in [6.45, 7) is 13.3. The molecule has 0 unspecified atom stereocenters. The highest BCUT2D eigenvalue weighted by Gasteiger charge is 2.21. The zero-order chi connectivity index (χ0) is 29.7. The number of rotatable bonds is 4. The first-order valence-corrected chi connectivity index (χ1v) is 15.2. The summed E-state index contributed by atoms with van der Waals surface area (Å²) in [5.74, 6) is 0. The van der Waals surface area contributed by atoms with E-state index in [1.165, 1.54) is 94.6 Å². The quantitative estimate of drug-likeness (QED) is 0.204. The van der Waals surface area contributed by atoms with Crippen LogP contribution < -0.4 is 0 Å². The molecule has 43 heavy (non-hydrogen) atoms. The smallest absolute Gasteiger partial charge is 0.00191 e. The Kier molecular flexibility index (Phi) is 6.71. The Balaban J connectivity index is 1.25. The van der Waals surface area contributed by atoms with Gasteiger partial charge in [0.05, 0.1) is 0 Å². The van der Waals surface area contributed by atoms with Gasteiger partial charge >= 0.3 is 0 Å². The van der Waals surface area contributed by atoms with E-state index >= 15 is 0 Å². The van der Waals surface area contributed by atoms with Crippen LogP contribution in [0.4, 0.5) is 0 Å². The Bertz CT molecular complexity index is 2050. The molecular formula is C43H36. The van der Waals surface area contributed by atoms with E-state index in [1.54, 1.807) is 0 Å². The van der Waals surface area contributed by atoms with Gasteiger partial charge in [0.25, 0.3) is 0 Å². The summed E-state index contributed by atoms with van der Waals surface area (Å²) in [6, 6.07) is 44.9. The van der Waals surface area contributed by atoms with Crippen LogP contribution in [0, 0.1) is 27.7 Å². The summed E-state index contributed by atoms with van der Waals surface area (Å²) in [5, 5.41) is 0. The molecule has 0 saturated carbocycles. The van der Waals surface area contributed by atoms with Gasteiger partial charge in [-0.25, -0.2) is 0 Å². The van der Waals surface area contributed by atoms with Gasteiger partial charge in [0, 0.05) is 0 Å². The molecule has 7 rings (SSSR count). The molecule has 0 aromatic heterocycles. The third-order valence-electron chi connectivity index (χ3n) is 9.21. The molecule has 0 radical (unpaired) electrons. The van der Waals surface area contributed by atoms with Crippen molar-refractivity contribution in [2.24, 2.45) is 0 Å². The van der Waals surface area contributed by atoms with E-state index in [1.807, 2.05) is 0 Å². The van der Waals surface area contributed by atoms with E-state index in [2.05, 4.69) is 156 Å². The number of fused-ring (bicyclic) bond motifs is 3. The van der Waals surface area contributed by atoms with Crippen molar-refractivity contribution in [3.63, 3.8) is 0 Å². The Hall–Kier alpha value is -4.94. The first-order valence-electron chi connectivity index (χ1n) is 15.2. The monoisotopic (exact) mass is 552 g/mol. The summed E-state index contributed by atoms with van der Waals surface area (Å²) in [6.07, 6.45) is 0.860. The molecule has 0 N–H and O–H groups in total. The van der Waals surface area contributed by atoms with Crippen molar-refractivity contribution in [3.8, 4) is 55.6 Å². The van der Waals surface area contributed by atoms with Gasteiger partial charge in [-0.15, -0.1) is 0 Å². The fourth-order valence-electron chi connectivity index (χ4n) is 6.69. The molecule has 208 valence electrons. The second-order valence-electron chi connectivity index (χ2n) is 12.1. The molecule has 0 heterocycles. The highest BCUT2D eigenvalue weighted by atomic mass is 14.2. The molecule has 0 nitrogen and oxygen atoms in total. The van der Waals surface area contributed by atoms with Crippen LogP contribution in [0.25, 0.3) is 61.2 Å². The minimum Gasteiger partial charge on any atom is -0.0949 e. The molecule has 0 heteroatoms. The van der Waals surface area contributed by atoms with Gasteiger partial charge in [0.2, 0.25) is 0 Å². The normalized spacial score (nSPS) is 12.1. The lowest BCUT2D eigenvalue weighted by atomic mass is 9.80. The van der Waals surface area contributed by atoms with Crippen molar-refractivity contribution in [2.45, 2.75) is 34.1 Å². The van der Waals surface area contributed by atoms with Crippen molar-refractivity contribution in [1.82, 2.24) is 0 Å². The van der Waals surface area contributed by atoms with Crippen molar-refractivity contribution < 1.29 is 0 Å². The van der Waals surface area contributed by atoms with Gasteiger partial charge in [-0.3, -0.25) is 0 Å². The molecule has 0 amide bonds. The zero-order valence-corrected chi connectivity index (χ0v) is 25.5. The van der Waals surface area contributed by atoms with Crippen molar-refractivity contribution in [3.05, 3.63) is 161 Å². The molecule has 0 spiro atoms. The SMILES string of the molecule is C=C1Cc2cc(-c3ccc(C)c(-c4ccccc4C)c3)ccc2-c2ccc(-c3ccc(C)c(-c4ccccc4C)c3)cc21. The number of allylic oxidation sites excluding steroid dienone is 1. The van der Waals surface area contributed by atoms with Crippen molar-refractivity contribution in [2.75, 3.05) is 0 Å². The van der Waals surface area contributed by atoms with Gasteiger partial charge in [-0.05, 0) is 147 Å². The Morgan fingerprint density at radius 2 is 0.791 bits per heavy atom. The second kappa shape index (κ2) is 10.7. The molecule has 1 aliphatic rings. The van der Waals surface area contributed by atoms with Crippen LogP contribution in [0.15, 0.2) is 128 Å². The summed E-state index contributed by atoms with van der Waals surface area (Å²) in [4.78, 5) is 0. The molecule has 0 fully saturated rings. The number of hydrogen-bond donors (Lipinski definition) is 0. The molecular weight excluding hydrogens is 516 g/mol. The maximum Gasteiger partial charge on any atom is -0.00191 e. The lowest BCUT2D eigenvalue weighted by Gasteiger charge is -2.24. The van der Waals surface area contributed by atoms with Crippen LogP contribution in [-0.2, 0) is 6.42 Å². The van der Waals surface area contributed by atoms with Crippen LogP contribution in [0.2, 0.25) is 0 Å². The highest BCUT2D eigenvalue weighted by molar-refractivity contribution is 5.92. The Morgan fingerprint density at radius 3 is 1.33 bits per heavy atom. The molecule has 6 aromatic carbocycles. The topological polar surface area (TPSA) is 0 Å². The average molecular weight is 553 g/mol. The predicted molar refractivity (Wildman–Crippen MR) is 185 cm³/mol. The second-order valence-corrected chi connectivity index (χ2v) is 12.1. The van der Waals surface area contributed by atoms with E-state index in [-0.39, 0.29) is 0 Å². The lowest BCUT2D eigenvalue weighted by molar-refractivity contribution is 1.25. The van der Waals surface area contributed by atoms with E-state index in [0.717, 1.165) is 6.42 Å². The summed E-state index contributed by atoms with van der Waals surface area (Å²) >= 11 is 0. The fraction of sp³-hybridized carbons (Fsp3) is 0.116. The minimum absolute atomic E-state index is 0.860. The van der Waals surface area contributed by atoms with Gasteiger partial charge < -0.3 is 0 Å². The summed E-state index contributed by atoms with van der Waals surface area (Å²) in [7, 11) is 0. The van der Waals surface area contributed by atoms with Crippen LogP contribution >= 0.6 is 0 Å². The lowest BCUT2D eigenvalue weighted by Crippen LogP contribution is -2.03. The maximum absolute atomic E-state index is 4.56. The number of aryl methyl sites for hydroxylation is 4. The van der Waals surface area contributed by atoms with Crippen molar-refractivity contribution in [1.29, 1.82) is 0 Å². The molecule has 0 bridgehead atoms. The van der Waals surface area contributed by atoms with Crippen LogP contribution in [0.3, 0.4) is 0 Å². The first-order chi connectivity index (χ1) is 20.9. The zero-order valence-electron chi connectivity index (χ0n) is 25.5. The fourth-order valence-corrected chi connectivity index (χ4v) is 6.69. The van der Waals surface area contributed by atoms with E-state index < -0.39 is 0 Å². The standard InChI is InChI=1S/C43H36/c1-27-10-6-8-12-37(27)41-24-33(16-14-29(41)3)32-18-20-39-36(23-32)22-31(5)43-26-35(19-21-40(39)43)34-17-15-30(4)42(25-34)38-13-9-7-11-28(38)2/h6-21,23-26H,5,22H2,1-4H3. The third-order valence-corrected chi connectivity index (χ3v) is 9.21. The molecule has 6 aromatic rings. The van der Waals surface area contributed by atoms with Crippen molar-refractivity contribution >= 4 is 5.57 Å². The largest absolute Gasteiger partial charge is 0.0949 e. The van der Waals surface area contributed by atoms with E-state index in [9.17, 15) is 0 Å². The molecule has 0 saturated heterocycles. The van der Waals surface area contributed by atoms with Gasteiger partial charge in [-0.2, -0.15) is 0 Å². The Morgan fingerprint density at radius 1 is 0.372 bits per heavy atom. The van der Waals surface area contributed by atoms with E-state index in [0.29, 0.717) is 0 Å². The number of benzene rings is 6. The molecule has 0 aliphatic heterocycles. The van der Waals surface area contributed by atoms with Gasteiger partial charge in [-0.1, -0.05) is 110 Å². The summed E-state index contributed by atoms with van der Waals surface area (Å²) in [5.41, 5.74) is 21.8. The van der Waals surface area contributed by atoms with Gasteiger partial charge in [0.1, 0.15) is 0 Å². The molecule has 1 aliphatic carbocycles. The first kappa shape index (κ1) is 26.9. The maximum atomic E-state index is 4.56. The summed E-state index contributed by atoms with van der Waals surface area (Å²) < 4.78 is 0. The van der Waals surface area contributed by atoms with Crippen LogP contribution in [0.5, 0.6) is 0 Å². The predicted octanol–water partition coefficient (Wildman–Crippen LogP) is 11.8. The average Bonchev–Trinajstić information content (AvgIpc) is 3.02. The van der Waals surface area contributed by atoms with Gasteiger partial charge in [0.15, 0.2) is 0 Å². The van der Waals surface area contributed by atoms with Crippen LogP contribution in [0.1, 0.15) is 33.4 Å². The molecule has 0 atom stereocenters. The third kappa shape index (κ3) is 4.84. The number of hydrogen-bond acceptors (Lipinski definition) is 0. The highest BCUT2D eigenvalue weighted by Crippen LogP contribution is 2.43. The van der Waals surface area contributed by atoms with Crippen LogP contribution in [-0.4, -0.2) is 0 Å². The Labute approximate surface area is 256 Å². The van der Waals surface area contributed by atoms with E-state index in [4.69, 9.17) is 0 Å².